The average Bonchev–Trinajstić information content (AvgIpc) is 3.24. The van der Waals surface area contributed by atoms with Crippen LogP contribution in [0.4, 0.5) is 4.39 Å². The Morgan fingerprint density at radius 1 is 1.43 bits per heavy atom. The van der Waals surface area contributed by atoms with Crippen molar-refractivity contribution in [2.75, 3.05) is 13.1 Å². The van der Waals surface area contributed by atoms with Crippen molar-refractivity contribution in [1.29, 1.82) is 0 Å². The molecule has 1 aliphatic rings. The van der Waals surface area contributed by atoms with Gasteiger partial charge in [0, 0.05) is 29.6 Å². The lowest BCUT2D eigenvalue weighted by atomic mass is 9.92. The maximum Gasteiger partial charge on any atom is 0.240 e. The molecule has 2 aromatic rings. The van der Waals surface area contributed by atoms with E-state index in [4.69, 9.17) is 5.73 Å². The zero-order valence-electron chi connectivity index (χ0n) is 13.0. The number of nitrogens with zero attached hydrogens (tertiary/aromatic N) is 2. The van der Waals surface area contributed by atoms with Gasteiger partial charge < -0.3 is 10.6 Å². The molecular weight excluding hydrogens is 313 g/mol. The van der Waals surface area contributed by atoms with Crippen LogP contribution in [-0.2, 0) is 4.79 Å². The van der Waals surface area contributed by atoms with Crippen LogP contribution in [0.2, 0.25) is 0 Å². The molecule has 1 saturated heterocycles. The van der Waals surface area contributed by atoms with Gasteiger partial charge in [0.1, 0.15) is 11.2 Å². The van der Waals surface area contributed by atoms with Crippen LogP contribution in [0.3, 0.4) is 0 Å². The van der Waals surface area contributed by atoms with Gasteiger partial charge in [0.15, 0.2) is 0 Å². The molecule has 0 unspecified atom stereocenters. The Morgan fingerprint density at radius 3 is 2.74 bits per heavy atom. The first-order valence-electron chi connectivity index (χ1n) is 7.74. The zero-order valence-corrected chi connectivity index (χ0v) is 13.8. The highest BCUT2D eigenvalue weighted by atomic mass is 32.1. The predicted molar refractivity (Wildman–Crippen MR) is 90.0 cm³/mol. The van der Waals surface area contributed by atoms with Gasteiger partial charge in [-0.2, -0.15) is 0 Å². The minimum atomic E-state index is -0.918. The highest BCUT2D eigenvalue weighted by Gasteiger charge is 2.31. The Balaban J connectivity index is 1.69. The van der Waals surface area contributed by atoms with Crippen molar-refractivity contribution < 1.29 is 9.18 Å². The van der Waals surface area contributed by atoms with Crippen LogP contribution >= 0.6 is 11.3 Å². The third-order valence-corrected chi connectivity index (χ3v) is 5.20. The normalized spacial score (nSPS) is 20.5. The lowest BCUT2D eigenvalue weighted by Crippen LogP contribution is -2.45. The van der Waals surface area contributed by atoms with Gasteiger partial charge in [-0.05, 0) is 12.0 Å². The minimum Gasteiger partial charge on any atom is -0.338 e. The molecule has 122 valence electrons. The van der Waals surface area contributed by atoms with E-state index in [1.165, 1.54) is 4.90 Å². The quantitative estimate of drug-likeness (QED) is 0.936. The van der Waals surface area contributed by atoms with E-state index in [0.29, 0.717) is 13.0 Å². The monoisotopic (exact) mass is 333 g/mol. The number of benzene rings is 1. The summed E-state index contributed by atoms with van der Waals surface area (Å²) in [6, 6.07) is 7.31. The maximum absolute atomic E-state index is 13.3. The lowest BCUT2D eigenvalue weighted by Gasteiger charge is -2.25. The number of carbonyl (C=O) groups is 1. The largest absolute Gasteiger partial charge is 0.338 e. The van der Waals surface area contributed by atoms with Crippen LogP contribution in [0, 0.1) is 0 Å². The molecule has 1 aromatic heterocycles. The molecule has 0 radical (unpaired) electrons. The van der Waals surface area contributed by atoms with E-state index in [9.17, 15) is 9.18 Å². The van der Waals surface area contributed by atoms with Crippen molar-refractivity contribution in [1.82, 2.24) is 9.88 Å². The van der Waals surface area contributed by atoms with Crippen LogP contribution < -0.4 is 5.73 Å². The third-order valence-electron chi connectivity index (χ3n) is 4.38. The second-order valence-electron chi connectivity index (χ2n) is 5.94. The third kappa shape index (κ3) is 3.43. The minimum absolute atomic E-state index is 0.119. The van der Waals surface area contributed by atoms with Crippen molar-refractivity contribution in [2.24, 2.45) is 5.73 Å². The number of thiazole rings is 1. The van der Waals surface area contributed by atoms with Gasteiger partial charge in [0.25, 0.3) is 0 Å². The Kier molecular flexibility index (Phi) is 4.73. The second-order valence-corrected chi connectivity index (χ2v) is 6.84. The Labute approximate surface area is 139 Å². The zero-order chi connectivity index (χ0) is 16.4. The van der Waals surface area contributed by atoms with Gasteiger partial charge in [0.05, 0.1) is 12.6 Å². The van der Waals surface area contributed by atoms with Crippen LogP contribution in [0.25, 0.3) is 10.6 Å². The lowest BCUT2D eigenvalue weighted by molar-refractivity contribution is -0.132. The van der Waals surface area contributed by atoms with Gasteiger partial charge in [-0.1, -0.05) is 31.2 Å². The van der Waals surface area contributed by atoms with Crippen molar-refractivity contribution >= 4 is 17.2 Å². The summed E-state index contributed by atoms with van der Waals surface area (Å²) in [6.07, 6.45) is 1.27. The Bertz CT molecular complexity index is 659. The molecular formula is C17H20FN3OS. The number of likely N-dealkylation sites (tertiary alicyclic amines) is 1. The van der Waals surface area contributed by atoms with Gasteiger partial charge in [-0.15, -0.1) is 11.3 Å². The molecule has 1 aliphatic heterocycles. The molecule has 0 saturated carbocycles. The molecule has 0 aliphatic carbocycles. The van der Waals surface area contributed by atoms with Crippen molar-refractivity contribution in [2.45, 2.75) is 31.5 Å². The molecule has 3 atom stereocenters. The molecule has 1 aromatic carbocycles. The predicted octanol–water partition coefficient (Wildman–Crippen LogP) is 2.81. The van der Waals surface area contributed by atoms with E-state index in [1.54, 1.807) is 17.5 Å². The fourth-order valence-corrected chi connectivity index (χ4v) is 3.49. The molecule has 2 heterocycles. The number of nitrogens with two attached hydrogens (primary N) is 1. The van der Waals surface area contributed by atoms with E-state index >= 15 is 0 Å². The summed E-state index contributed by atoms with van der Waals surface area (Å²) in [5.74, 6) is -0.284. The first-order chi connectivity index (χ1) is 11.1. The summed E-state index contributed by atoms with van der Waals surface area (Å²) >= 11 is 1.59. The Morgan fingerprint density at radius 2 is 2.17 bits per heavy atom. The molecule has 6 heteroatoms. The van der Waals surface area contributed by atoms with E-state index < -0.39 is 12.2 Å². The Hall–Kier alpha value is -1.79. The molecule has 2 N–H and O–H groups in total. The molecule has 1 fully saturated rings. The fraction of sp³-hybridized carbons (Fsp3) is 0.412. The summed E-state index contributed by atoms with van der Waals surface area (Å²) in [6.45, 7) is 2.57. The number of rotatable bonds is 4. The first-order valence-corrected chi connectivity index (χ1v) is 8.62. The van der Waals surface area contributed by atoms with E-state index in [2.05, 4.69) is 4.98 Å². The molecule has 0 bridgehead atoms. The number of aromatic nitrogens is 1. The van der Waals surface area contributed by atoms with E-state index in [0.717, 1.165) is 16.1 Å². The number of halogens is 1. The number of hydrogen-bond acceptors (Lipinski definition) is 4. The van der Waals surface area contributed by atoms with E-state index in [-0.39, 0.29) is 18.4 Å². The van der Waals surface area contributed by atoms with Crippen molar-refractivity contribution in [3.63, 3.8) is 0 Å². The second kappa shape index (κ2) is 6.76. The fourth-order valence-electron chi connectivity index (χ4n) is 2.85. The first kappa shape index (κ1) is 16.1. The van der Waals surface area contributed by atoms with Crippen LogP contribution in [0.15, 0.2) is 35.8 Å². The highest BCUT2D eigenvalue weighted by Crippen LogP contribution is 2.26. The molecule has 1 amide bonds. The van der Waals surface area contributed by atoms with Gasteiger partial charge in [0.2, 0.25) is 5.91 Å². The molecule has 3 rings (SSSR count). The van der Waals surface area contributed by atoms with Gasteiger partial charge in [-0.3, -0.25) is 4.79 Å². The SMILES string of the molecule is C[C@@H](c1ccc(-c2nccs2)cc1)[C@H](N)C(=O)N1CC[C@H](F)C1. The van der Waals surface area contributed by atoms with Gasteiger partial charge in [-0.25, -0.2) is 9.37 Å². The number of hydrogen-bond donors (Lipinski definition) is 1. The highest BCUT2D eigenvalue weighted by molar-refractivity contribution is 7.13. The molecule has 4 nitrogen and oxygen atoms in total. The summed E-state index contributed by atoms with van der Waals surface area (Å²) in [4.78, 5) is 18.2. The topological polar surface area (TPSA) is 59.2 Å². The van der Waals surface area contributed by atoms with Crippen LogP contribution in [0.5, 0.6) is 0 Å². The van der Waals surface area contributed by atoms with Crippen LogP contribution in [0.1, 0.15) is 24.8 Å². The summed E-state index contributed by atoms with van der Waals surface area (Å²) in [5, 5.41) is 2.91. The number of carbonyl (C=O) groups excluding carboxylic acids is 1. The van der Waals surface area contributed by atoms with E-state index in [1.807, 2.05) is 36.6 Å². The van der Waals surface area contributed by atoms with Crippen molar-refractivity contribution in [3.8, 4) is 10.6 Å². The van der Waals surface area contributed by atoms with Gasteiger partial charge >= 0.3 is 0 Å². The summed E-state index contributed by atoms with van der Waals surface area (Å²) in [5.41, 5.74) is 8.18. The summed E-state index contributed by atoms with van der Waals surface area (Å²) < 4.78 is 13.3. The standard InChI is InChI=1S/C17H20FN3OS/c1-11(15(19)17(22)21-8-6-14(18)10-21)12-2-4-13(5-3-12)16-20-7-9-23-16/h2-5,7,9,11,14-15H,6,8,10,19H2,1H3/t11-,14-,15-/m0/s1. The maximum atomic E-state index is 13.3. The molecule has 0 spiro atoms. The average molecular weight is 333 g/mol. The smallest absolute Gasteiger partial charge is 0.240 e. The summed E-state index contributed by atoms with van der Waals surface area (Å²) in [7, 11) is 0. The number of alkyl halides is 1. The van der Waals surface area contributed by atoms with Crippen LogP contribution in [-0.4, -0.2) is 41.1 Å². The molecule has 23 heavy (non-hydrogen) atoms. The number of amides is 1. The van der Waals surface area contributed by atoms with Crippen molar-refractivity contribution in [3.05, 3.63) is 41.4 Å².